The molecule has 4 nitrogen and oxygen atoms in total. The second-order valence-electron chi connectivity index (χ2n) is 4.56. The summed E-state index contributed by atoms with van der Waals surface area (Å²) in [6, 6.07) is 9.21. The van der Waals surface area contributed by atoms with Gasteiger partial charge in [0.25, 0.3) is 5.56 Å². The topological polar surface area (TPSA) is 55.0 Å². The van der Waals surface area contributed by atoms with Crippen LogP contribution in [0.1, 0.15) is 18.7 Å². The maximum absolute atomic E-state index is 11.4. The van der Waals surface area contributed by atoms with Crippen LogP contribution in [0.2, 0.25) is 0 Å². The molecule has 0 amide bonds. The Balaban J connectivity index is 1.88. The fourth-order valence-electron chi connectivity index (χ4n) is 1.81. The minimum absolute atomic E-state index is 0.129. The van der Waals surface area contributed by atoms with Crippen LogP contribution in [-0.4, -0.2) is 16.1 Å². The normalized spacial score (nSPS) is 14.5. The van der Waals surface area contributed by atoms with Crippen molar-refractivity contribution in [2.75, 3.05) is 0 Å². The Morgan fingerprint density at radius 3 is 2.61 bits per heavy atom. The van der Waals surface area contributed by atoms with Crippen LogP contribution >= 0.6 is 0 Å². The summed E-state index contributed by atoms with van der Waals surface area (Å²) in [6.07, 6.45) is 2.70. The molecule has 0 aliphatic heterocycles. The number of H-pyrrole nitrogens is 1. The zero-order valence-corrected chi connectivity index (χ0v) is 10.1. The Kier molecular flexibility index (Phi) is 2.63. The molecule has 2 aromatic rings. The molecule has 1 aromatic heterocycles. The molecule has 1 aliphatic carbocycles. The molecule has 92 valence electrons. The summed E-state index contributed by atoms with van der Waals surface area (Å²) >= 11 is 0. The zero-order chi connectivity index (χ0) is 12.5. The van der Waals surface area contributed by atoms with E-state index in [0.29, 0.717) is 17.6 Å². The predicted molar refractivity (Wildman–Crippen MR) is 68.7 cm³/mol. The van der Waals surface area contributed by atoms with Crippen molar-refractivity contribution in [3.8, 4) is 17.0 Å². The van der Waals surface area contributed by atoms with Gasteiger partial charge in [-0.25, -0.2) is 4.98 Å². The SMILES string of the molecule is Cc1nc(-c2ccc(OC3CC3)cc2)cc(=O)[nH]1. The lowest BCUT2D eigenvalue weighted by Crippen LogP contribution is -2.08. The molecule has 0 radical (unpaired) electrons. The number of nitrogens with one attached hydrogen (secondary N) is 1. The molecule has 3 rings (SSSR count). The minimum atomic E-state index is -0.129. The lowest BCUT2D eigenvalue weighted by Gasteiger charge is -2.05. The van der Waals surface area contributed by atoms with Gasteiger partial charge in [-0.3, -0.25) is 4.79 Å². The van der Waals surface area contributed by atoms with E-state index in [1.807, 2.05) is 24.3 Å². The van der Waals surface area contributed by atoms with E-state index in [9.17, 15) is 4.79 Å². The molecule has 0 unspecified atom stereocenters. The molecule has 0 bridgehead atoms. The summed E-state index contributed by atoms with van der Waals surface area (Å²) in [5.41, 5.74) is 1.48. The molecule has 1 heterocycles. The first-order valence-corrected chi connectivity index (χ1v) is 6.06. The van der Waals surface area contributed by atoms with E-state index < -0.39 is 0 Å². The Morgan fingerprint density at radius 2 is 2.00 bits per heavy atom. The van der Waals surface area contributed by atoms with E-state index in [1.165, 1.54) is 6.07 Å². The van der Waals surface area contributed by atoms with Gasteiger partial charge >= 0.3 is 0 Å². The van der Waals surface area contributed by atoms with Crippen molar-refractivity contribution < 1.29 is 4.74 Å². The second kappa shape index (κ2) is 4.29. The van der Waals surface area contributed by atoms with Gasteiger partial charge in [0.2, 0.25) is 0 Å². The molecule has 4 heteroatoms. The molecular formula is C14H14N2O2. The van der Waals surface area contributed by atoms with Gasteiger partial charge in [0.05, 0.1) is 11.8 Å². The first-order chi connectivity index (χ1) is 8.70. The number of ether oxygens (including phenoxy) is 1. The van der Waals surface area contributed by atoms with Crippen molar-refractivity contribution >= 4 is 0 Å². The van der Waals surface area contributed by atoms with Crippen LogP contribution in [0.3, 0.4) is 0 Å². The van der Waals surface area contributed by atoms with Crippen molar-refractivity contribution in [1.82, 2.24) is 9.97 Å². The number of hydrogen-bond acceptors (Lipinski definition) is 3. The van der Waals surface area contributed by atoms with Crippen LogP contribution in [0.25, 0.3) is 11.3 Å². The monoisotopic (exact) mass is 242 g/mol. The number of aromatic amines is 1. The maximum Gasteiger partial charge on any atom is 0.251 e. The van der Waals surface area contributed by atoms with Crippen LogP contribution in [0.15, 0.2) is 35.1 Å². The number of nitrogens with zero attached hydrogens (tertiary/aromatic N) is 1. The molecule has 0 spiro atoms. The highest BCUT2D eigenvalue weighted by Gasteiger charge is 2.23. The third-order valence-electron chi connectivity index (χ3n) is 2.84. The van der Waals surface area contributed by atoms with Gasteiger partial charge < -0.3 is 9.72 Å². The molecule has 0 saturated heterocycles. The molecule has 18 heavy (non-hydrogen) atoms. The van der Waals surface area contributed by atoms with E-state index in [1.54, 1.807) is 6.92 Å². The van der Waals surface area contributed by atoms with E-state index in [-0.39, 0.29) is 5.56 Å². The van der Waals surface area contributed by atoms with Gasteiger partial charge in [-0.15, -0.1) is 0 Å². The summed E-state index contributed by atoms with van der Waals surface area (Å²) in [5.74, 6) is 1.50. The van der Waals surface area contributed by atoms with Gasteiger partial charge in [0, 0.05) is 11.6 Å². The van der Waals surface area contributed by atoms with Gasteiger partial charge in [-0.2, -0.15) is 0 Å². The average molecular weight is 242 g/mol. The number of aromatic nitrogens is 2. The standard InChI is InChI=1S/C14H14N2O2/c1-9-15-13(8-14(17)16-9)10-2-4-11(5-3-10)18-12-6-7-12/h2-5,8,12H,6-7H2,1H3,(H,15,16,17). The Bertz CT molecular complexity index is 612. The van der Waals surface area contributed by atoms with E-state index in [2.05, 4.69) is 9.97 Å². The summed E-state index contributed by atoms with van der Waals surface area (Å²) in [7, 11) is 0. The zero-order valence-electron chi connectivity index (χ0n) is 10.1. The van der Waals surface area contributed by atoms with Gasteiger partial charge in [0.1, 0.15) is 11.6 Å². The largest absolute Gasteiger partial charge is 0.490 e. The third kappa shape index (κ3) is 2.42. The molecule has 1 aromatic carbocycles. The van der Waals surface area contributed by atoms with E-state index in [0.717, 1.165) is 24.2 Å². The smallest absolute Gasteiger partial charge is 0.251 e. The Labute approximate surface area is 105 Å². The Hall–Kier alpha value is -2.10. The quantitative estimate of drug-likeness (QED) is 0.898. The van der Waals surface area contributed by atoms with Crippen LogP contribution in [0, 0.1) is 6.92 Å². The van der Waals surface area contributed by atoms with Crippen molar-refractivity contribution in [3.05, 3.63) is 46.5 Å². The van der Waals surface area contributed by atoms with Gasteiger partial charge in [0.15, 0.2) is 0 Å². The highest BCUT2D eigenvalue weighted by molar-refractivity contribution is 5.59. The van der Waals surface area contributed by atoms with Gasteiger partial charge in [-0.1, -0.05) is 0 Å². The molecule has 1 N–H and O–H groups in total. The molecule has 1 aliphatic rings. The highest BCUT2D eigenvalue weighted by atomic mass is 16.5. The van der Waals surface area contributed by atoms with Crippen molar-refractivity contribution in [3.63, 3.8) is 0 Å². The van der Waals surface area contributed by atoms with Crippen LogP contribution in [-0.2, 0) is 0 Å². The van der Waals surface area contributed by atoms with E-state index >= 15 is 0 Å². The minimum Gasteiger partial charge on any atom is -0.490 e. The highest BCUT2D eigenvalue weighted by Crippen LogP contribution is 2.28. The lowest BCUT2D eigenvalue weighted by molar-refractivity contribution is 0.303. The molecule has 1 saturated carbocycles. The third-order valence-corrected chi connectivity index (χ3v) is 2.84. The van der Waals surface area contributed by atoms with Crippen LogP contribution in [0.4, 0.5) is 0 Å². The number of rotatable bonds is 3. The van der Waals surface area contributed by atoms with Crippen molar-refractivity contribution in [2.24, 2.45) is 0 Å². The lowest BCUT2D eigenvalue weighted by atomic mass is 10.1. The van der Waals surface area contributed by atoms with Gasteiger partial charge in [-0.05, 0) is 44.0 Å². The molecule has 1 fully saturated rings. The second-order valence-corrected chi connectivity index (χ2v) is 4.56. The molecular weight excluding hydrogens is 228 g/mol. The Morgan fingerprint density at radius 1 is 1.28 bits per heavy atom. The average Bonchev–Trinajstić information content (AvgIpc) is 3.12. The first kappa shape index (κ1) is 11.0. The summed E-state index contributed by atoms with van der Waals surface area (Å²) in [6.45, 7) is 1.77. The molecule has 0 atom stereocenters. The van der Waals surface area contributed by atoms with Crippen molar-refractivity contribution in [1.29, 1.82) is 0 Å². The van der Waals surface area contributed by atoms with Crippen LogP contribution in [0.5, 0.6) is 5.75 Å². The maximum atomic E-state index is 11.4. The first-order valence-electron chi connectivity index (χ1n) is 6.06. The fourth-order valence-corrected chi connectivity index (χ4v) is 1.81. The fraction of sp³-hybridized carbons (Fsp3) is 0.286. The summed E-state index contributed by atoms with van der Waals surface area (Å²) in [5, 5.41) is 0. The summed E-state index contributed by atoms with van der Waals surface area (Å²) in [4.78, 5) is 18.3. The van der Waals surface area contributed by atoms with Crippen LogP contribution < -0.4 is 10.3 Å². The number of hydrogen-bond donors (Lipinski definition) is 1. The predicted octanol–water partition coefficient (Wildman–Crippen LogP) is 2.29. The van der Waals surface area contributed by atoms with E-state index in [4.69, 9.17) is 4.74 Å². The number of aryl methyl sites for hydroxylation is 1. The number of benzene rings is 1. The summed E-state index contributed by atoms with van der Waals surface area (Å²) < 4.78 is 5.68. The van der Waals surface area contributed by atoms with Crippen molar-refractivity contribution in [2.45, 2.75) is 25.9 Å².